The lowest BCUT2D eigenvalue weighted by Crippen LogP contribution is -2.06. The van der Waals surface area contributed by atoms with E-state index in [0.29, 0.717) is 5.69 Å². The van der Waals surface area contributed by atoms with Crippen LogP contribution in [-0.4, -0.2) is 33.0 Å². The average Bonchev–Trinajstić information content (AvgIpc) is 3.30. The fourth-order valence-corrected chi connectivity index (χ4v) is 2.63. The van der Waals surface area contributed by atoms with Crippen LogP contribution in [0.5, 0.6) is 0 Å². The summed E-state index contributed by atoms with van der Waals surface area (Å²) in [5, 5.41) is 10.4. The molecular formula is C18H14N4O3. The summed E-state index contributed by atoms with van der Waals surface area (Å²) < 4.78 is 10.3. The highest BCUT2D eigenvalue weighted by atomic mass is 16.5. The molecule has 1 N–H and O–H groups in total. The predicted octanol–water partition coefficient (Wildman–Crippen LogP) is 3.46. The van der Waals surface area contributed by atoms with Crippen LogP contribution in [0.2, 0.25) is 0 Å². The summed E-state index contributed by atoms with van der Waals surface area (Å²) in [6.45, 7) is 2.03. The molecule has 0 aliphatic carbocycles. The molecule has 0 spiro atoms. The fraction of sp³-hybridized carbons (Fsp3) is 0.111. The Morgan fingerprint density at radius 2 is 1.84 bits per heavy atom. The quantitative estimate of drug-likeness (QED) is 0.574. The topological polar surface area (TPSA) is 93.9 Å². The first-order chi connectivity index (χ1) is 12.3. The van der Waals surface area contributed by atoms with Crippen molar-refractivity contribution in [3.05, 3.63) is 54.6 Å². The number of hydrogen-bond acceptors (Lipinski definition) is 6. The first kappa shape index (κ1) is 15.1. The van der Waals surface area contributed by atoms with Gasteiger partial charge in [-0.25, -0.2) is 9.78 Å². The molecule has 0 amide bonds. The van der Waals surface area contributed by atoms with Crippen LogP contribution in [0.1, 0.15) is 17.4 Å². The number of aromatic nitrogens is 4. The Hall–Kier alpha value is -3.48. The Morgan fingerprint density at radius 1 is 1.08 bits per heavy atom. The molecule has 0 fully saturated rings. The van der Waals surface area contributed by atoms with Crippen LogP contribution in [0.25, 0.3) is 33.5 Å². The van der Waals surface area contributed by atoms with Crippen molar-refractivity contribution >= 4 is 17.1 Å². The first-order valence-corrected chi connectivity index (χ1v) is 7.78. The molecule has 4 aromatic rings. The summed E-state index contributed by atoms with van der Waals surface area (Å²) in [6, 6.07) is 13.5. The van der Waals surface area contributed by atoms with E-state index >= 15 is 0 Å². The van der Waals surface area contributed by atoms with Crippen molar-refractivity contribution in [3.8, 4) is 22.4 Å². The SMILES string of the molecule is CCOC(=O)c1n[nH]nc1-c1ccc(-c2ccc3ocnc3c2)cc1. The van der Waals surface area contributed by atoms with E-state index in [9.17, 15) is 4.79 Å². The maximum atomic E-state index is 11.9. The van der Waals surface area contributed by atoms with Crippen molar-refractivity contribution in [1.29, 1.82) is 0 Å². The molecule has 2 aromatic heterocycles. The Morgan fingerprint density at radius 3 is 2.64 bits per heavy atom. The number of fused-ring (bicyclic) bond motifs is 1. The zero-order valence-electron chi connectivity index (χ0n) is 13.4. The second kappa shape index (κ2) is 6.20. The van der Waals surface area contributed by atoms with E-state index in [-0.39, 0.29) is 12.3 Å². The minimum absolute atomic E-state index is 0.179. The molecule has 7 nitrogen and oxygen atoms in total. The van der Waals surface area contributed by atoms with Crippen molar-refractivity contribution in [3.63, 3.8) is 0 Å². The van der Waals surface area contributed by atoms with Gasteiger partial charge in [0.25, 0.3) is 0 Å². The van der Waals surface area contributed by atoms with Crippen LogP contribution in [0.3, 0.4) is 0 Å². The van der Waals surface area contributed by atoms with Crippen molar-refractivity contribution in [2.75, 3.05) is 6.61 Å². The highest BCUT2D eigenvalue weighted by Gasteiger charge is 2.18. The van der Waals surface area contributed by atoms with Gasteiger partial charge in [-0.3, -0.25) is 0 Å². The molecule has 7 heteroatoms. The number of aromatic amines is 1. The molecule has 0 radical (unpaired) electrons. The Kier molecular flexibility index (Phi) is 3.74. The highest BCUT2D eigenvalue weighted by molar-refractivity contribution is 5.94. The van der Waals surface area contributed by atoms with Gasteiger partial charge >= 0.3 is 5.97 Å². The van der Waals surface area contributed by atoms with Crippen molar-refractivity contribution in [2.45, 2.75) is 6.92 Å². The maximum absolute atomic E-state index is 11.9. The number of carbonyl (C=O) groups excluding carboxylic acids is 1. The standard InChI is InChI=1S/C18H14N4O3/c1-2-24-18(23)17-16(20-22-21-17)12-5-3-11(4-6-12)13-7-8-15-14(9-13)19-10-25-15/h3-10H,2H2,1H3,(H,20,21,22). The molecule has 0 aliphatic heterocycles. The number of oxazole rings is 1. The van der Waals surface area contributed by atoms with Gasteiger partial charge in [0.2, 0.25) is 0 Å². The monoisotopic (exact) mass is 334 g/mol. The number of rotatable bonds is 4. The number of nitrogens with one attached hydrogen (secondary N) is 1. The van der Waals surface area contributed by atoms with Crippen molar-refractivity contribution in [2.24, 2.45) is 0 Å². The molecule has 0 unspecified atom stereocenters. The van der Waals surface area contributed by atoms with Crippen LogP contribution in [0, 0.1) is 0 Å². The van der Waals surface area contributed by atoms with Gasteiger partial charge < -0.3 is 9.15 Å². The van der Waals surface area contributed by atoms with E-state index in [2.05, 4.69) is 20.4 Å². The van der Waals surface area contributed by atoms with E-state index < -0.39 is 5.97 Å². The van der Waals surface area contributed by atoms with Gasteiger partial charge in [0.05, 0.1) is 6.61 Å². The minimum atomic E-state index is -0.494. The molecule has 2 heterocycles. The van der Waals surface area contributed by atoms with Crippen molar-refractivity contribution < 1.29 is 13.9 Å². The normalized spacial score (nSPS) is 10.9. The van der Waals surface area contributed by atoms with Gasteiger partial charge in [-0.2, -0.15) is 10.3 Å². The number of esters is 1. The van der Waals surface area contributed by atoms with Crippen LogP contribution in [-0.2, 0) is 4.74 Å². The predicted molar refractivity (Wildman–Crippen MR) is 90.8 cm³/mol. The summed E-state index contributed by atoms with van der Waals surface area (Å²) in [4.78, 5) is 16.1. The van der Waals surface area contributed by atoms with Gasteiger partial charge in [0.15, 0.2) is 17.7 Å². The molecule has 0 saturated carbocycles. The minimum Gasteiger partial charge on any atom is -0.461 e. The first-order valence-electron chi connectivity index (χ1n) is 7.78. The van der Waals surface area contributed by atoms with E-state index in [1.165, 1.54) is 6.39 Å². The largest absolute Gasteiger partial charge is 0.461 e. The second-order valence-electron chi connectivity index (χ2n) is 5.35. The van der Waals surface area contributed by atoms with E-state index in [1.54, 1.807) is 6.92 Å². The molecule has 0 aliphatic rings. The molecule has 0 saturated heterocycles. The van der Waals surface area contributed by atoms with Crippen LogP contribution < -0.4 is 0 Å². The Balaban J connectivity index is 1.66. The van der Waals surface area contributed by atoms with Gasteiger partial charge in [0.1, 0.15) is 11.2 Å². The van der Waals surface area contributed by atoms with Gasteiger partial charge in [0, 0.05) is 5.56 Å². The third kappa shape index (κ3) is 2.76. The number of H-pyrrole nitrogens is 1. The average molecular weight is 334 g/mol. The summed E-state index contributed by atoms with van der Waals surface area (Å²) in [7, 11) is 0. The zero-order chi connectivity index (χ0) is 17.2. The molecule has 0 atom stereocenters. The number of ether oxygens (including phenoxy) is 1. The number of carbonyl (C=O) groups is 1. The van der Waals surface area contributed by atoms with E-state index in [1.807, 2.05) is 42.5 Å². The lowest BCUT2D eigenvalue weighted by Gasteiger charge is -2.04. The van der Waals surface area contributed by atoms with Gasteiger partial charge in [-0.15, -0.1) is 5.10 Å². The second-order valence-corrected chi connectivity index (χ2v) is 5.35. The number of nitrogens with zero attached hydrogens (tertiary/aromatic N) is 3. The molecule has 0 bridgehead atoms. The number of benzene rings is 2. The van der Waals surface area contributed by atoms with Crippen molar-refractivity contribution in [1.82, 2.24) is 20.4 Å². The molecule has 25 heavy (non-hydrogen) atoms. The number of hydrogen-bond donors (Lipinski definition) is 1. The lowest BCUT2D eigenvalue weighted by atomic mass is 10.0. The van der Waals surface area contributed by atoms with Crippen LogP contribution in [0.15, 0.2) is 53.3 Å². The third-order valence-electron chi connectivity index (χ3n) is 3.84. The van der Waals surface area contributed by atoms with Gasteiger partial charge in [-0.1, -0.05) is 30.3 Å². The lowest BCUT2D eigenvalue weighted by molar-refractivity contribution is 0.0520. The molecule has 124 valence electrons. The highest BCUT2D eigenvalue weighted by Crippen LogP contribution is 2.27. The summed E-state index contributed by atoms with van der Waals surface area (Å²) in [6.07, 6.45) is 1.43. The fourth-order valence-electron chi connectivity index (χ4n) is 2.63. The molecule has 4 rings (SSSR count). The van der Waals surface area contributed by atoms with E-state index in [4.69, 9.17) is 9.15 Å². The Labute approximate surface area is 142 Å². The van der Waals surface area contributed by atoms with Crippen LogP contribution in [0.4, 0.5) is 0 Å². The smallest absolute Gasteiger partial charge is 0.361 e. The summed E-state index contributed by atoms with van der Waals surface area (Å²) in [5.41, 5.74) is 5.04. The van der Waals surface area contributed by atoms with E-state index in [0.717, 1.165) is 27.8 Å². The third-order valence-corrected chi connectivity index (χ3v) is 3.84. The molecular weight excluding hydrogens is 320 g/mol. The summed E-state index contributed by atoms with van der Waals surface area (Å²) in [5.74, 6) is -0.494. The molecule has 2 aromatic carbocycles. The summed E-state index contributed by atoms with van der Waals surface area (Å²) >= 11 is 0. The zero-order valence-corrected chi connectivity index (χ0v) is 13.4. The van der Waals surface area contributed by atoms with Gasteiger partial charge in [-0.05, 0) is 30.2 Å². The Bertz CT molecular complexity index is 1030. The van der Waals surface area contributed by atoms with Crippen LogP contribution >= 0.6 is 0 Å². The maximum Gasteiger partial charge on any atom is 0.361 e.